The van der Waals surface area contributed by atoms with Gasteiger partial charge in [0.1, 0.15) is 12.4 Å². The van der Waals surface area contributed by atoms with E-state index in [0.29, 0.717) is 13.1 Å². The number of aryl methyl sites for hydroxylation is 1. The van der Waals surface area contributed by atoms with Crippen LogP contribution in [0.4, 0.5) is 13.2 Å². The molecule has 1 aromatic rings. The number of imidazole rings is 1. The third kappa shape index (κ3) is 5.23. The number of likely N-dealkylation sites (tertiary alicyclic amines) is 1. The van der Waals surface area contributed by atoms with Crippen molar-refractivity contribution in [3.05, 3.63) is 18.2 Å². The zero-order valence-electron chi connectivity index (χ0n) is 13.2. The molecule has 23 heavy (non-hydrogen) atoms. The molecular formula is C15H22F3N3O2. The van der Waals surface area contributed by atoms with Crippen LogP contribution in [0, 0.1) is 0 Å². The lowest BCUT2D eigenvalue weighted by Crippen LogP contribution is -2.41. The van der Waals surface area contributed by atoms with Crippen LogP contribution < -0.4 is 0 Å². The first-order valence-corrected chi connectivity index (χ1v) is 7.84. The SMILES string of the molecule is CCc1nccn1[C@@H]1CCCN(C(=O)CCOCC(F)(F)F)C1. The molecule has 1 atom stereocenters. The monoisotopic (exact) mass is 333 g/mol. The molecule has 0 radical (unpaired) electrons. The fourth-order valence-electron chi connectivity index (χ4n) is 2.86. The summed E-state index contributed by atoms with van der Waals surface area (Å²) in [5, 5.41) is 0. The Bertz CT molecular complexity index is 516. The van der Waals surface area contributed by atoms with Crippen LogP contribution in [0.1, 0.15) is 38.1 Å². The van der Waals surface area contributed by atoms with Crippen LogP contribution in [0.15, 0.2) is 12.4 Å². The Labute approximate surface area is 133 Å². The number of piperidine rings is 1. The van der Waals surface area contributed by atoms with Crippen LogP contribution >= 0.6 is 0 Å². The summed E-state index contributed by atoms with van der Waals surface area (Å²) in [6.07, 6.45) is 1.97. The molecule has 8 heteroatoms. The van der Waals surface area contributed by atoms with E-state index in [1.165, 1.54) is 0 Å². The molecule has 0 bridgehead atoms. The molecule has 1 aliphatic heterocycles. The first-order chi connectivity index (χ1) is 10.9. The molecule has 1 saturated heterocycles. The first-order valence-electron chi connectivity index (χ1n) is 7.84. The van der Waals surface area contributed by atoms with Gasteiger partial charge in [0.05, 0.1) is 19.1 Å². The van der Waals surface area contributed by atoms with Crippen LogP contribution in [0.5, 0.6) is 0 Å². The van der Waals surface area contributed by atoms with Gasteiger partial charge in [-0.15, -0.1) is 0 Å². The van der Waals surface area contributed by atoms with Gasteiger partial charge in [0.15, 0.2) is 0 Å². The van der Waals surface area contributed by atoms with Gasteiger partial charge in [0, 0.05) is 31.9 Å². The molecule has 0 aliphatic carbocycles. The number of carbonyl (C=O) groups excluding carboxylic acids is 1. The van der Waals surface area contributed by atoms with Gasteiger partial charge in [-0.25, -0.2) is 4.98 Å². The van der Waals surface area contributed by atoms with E-state index >= 15 is 0 Å². The zero-order valence-corrected chi connectivity index (χ0v) is 13.2. The summed E-state index contributed by atoms with van der Waals surface area (Å²) in [5.41, 5.74) is 0. The number of nitrogens with zero attached hydrogens (tertiary/aromatic N) is 3. The normalized spacial score (nSPS) is 19.1. The molecule has 130 valence electrons. The van der Waals surface area contributed by atoms with Crippen LogP contribution in [-0.4, -0.2) is 52.8 Å². The van der Waals surface area contributed by atoms with E-state index in [1.807, 2.05) is 13.1 Å². The lowest BCUT2D eigenvalue weighted by Gasteiger charge is -2.34. The van der Waals surface area contributed by atoms with Crippen molar-refractivity contribution in [2.24, 2.45) is 0 Å². The number of hydrogen-bond acceptors (Lipinski definition) is 3. The van der Waals surface area contributed by atoms with Gasteiger partial charge >= 0.3 is 6.18 Å². The summed E-state index contributed by atoms with van der Waals surface area (Å²) in [6.45, 7) is 1.73. The van der Waals surface area contributed by atoms with Crippen LogP contribution in [0.3, 0.4) is 0 Å². The van der Waals surface area contributed by atoms with Crippen molar-refractivity contribution in [3.63, 3.8) is 0 Å². The van der Waals surface area contributed by atoms with Crippen molar-refractivity contribution in [3.8, 4) is 0 Å². The predicted molar refractivity (Wildman–Crippen MR) is 77.9 cm³/mol. The molecule has 1 aromatic heterocycles. The second-order valence-electron chi connectivity index (χ2n) is 5.66. The molecule has 0 unspecified atom stereocenters. The third-order valence-electron chi connectivity index (χ3n) is 3.93. The summed E-state index contributed by atoms with van der Waals surface area (Å²) in [6, 6.07) is 0.182. The van der Waals surface area contributed by atoms with Gasteiger partial charge in [0.2, 0.25) is 5.91 Å². The topological polar surface area (TPSA) is 47.4 Å². The van der Waals surface area contributed by atoms with Gasteiger partial charge in [-0.05, 0) is 12.8 Å². The number of rotatable bonds is 6. The lowest BCUT2D eigenvalue weighted by molar-refractivity contribution is -0.175. The van der Waals surface area contributed by atoms with Crippen molar-refractivity contribution in [2.75, 3.05) is 26.3 Å². The Balaban J connectivity index is 1.82. The molecule has 2 heterocycles. The largest absolute Gasteiger partial charge is 0.411 e. The summed E-state index contributed by atoms with van der Waals surface area (Å²) >= 11 is 0. The average molecular weight is 333 g/mol. The average Bonchev–Trinajstić information content (AvgIpc) is 2.99. The van der Waals surface area contributed by atoms with Gasteiger partial charge in [-0.3, -0.25) is 4.79 Å². The quantitative estimate of drug-likeness (QED) is 0.752. The second kappa shape index (κ2) is 7.81. The fraction of sp³-hybridized carbons (Fsp3) is 0.733. The Hall–Kier alpha value is -1.57. The summed E-state index contributed by atoms with van der Waals surface area (Å²) in [7, 11) is 0. The summed E-state index contributed by atoms with van der Waals surface area (Å²) in [5.74, 6) is 0.827. The van der Waals surface area contributed by atoms with Crippen molar-refractivity contribution in [2.45, 2.75) is 44.8 Å². The number of hydrogen-bond donors (Lipinski definition) is 0. The third-order valence-corrected chi connectivity index (χ3v) is 3.93. The Morgan fingerprint density at radius 3 is 2.96 bits per heavy atom. The zero-order chi connectivity index (χ0) is 16.9. The fourth-order valence-corrected chi connectivity index (χ4v) is 2.86. The Kier molecular flexibility index (Phi) is 6.04. The minimum Gasteiger partial charge on any atom is -0.372 e. The maximum Gasteiger partial charge on any atom is 0.411 e. The van der Waals surface area contributed by atoms with Crippen LogP contribution in [0.25, 0.3) is 0 Å². The molecule has 1 fully saturated rings. The molecule has 0 saturated carbocycles. The molecule has 0 N–H and O–H groups in total. The maximum absolute atomic E-state index is 12.1. The van der Waals surface area contributed by atoms with Crippen molar-refractivity contribution >= 4 is 5.91 Å². The van der Waals surface area contributed by atoms with E-state index < -0.39 is 12.8 Å². The Morgan fingerprint density at radius 1 is 1.48 bits per heavy atom. The number of alkyl halides is 3. The summed E-state index contributed by atoms with van der Waals surface area (Å²) < 4.78 is 42.6. The molecule has 0 aromatic carbocycles. The highest BCUT2D eigenvalue weighted by Gasteiger charge is 2.28. The van der Waals surface area contributed by atoms with Gasteiger partial charge in [-0.2, -0.15) is 13.2 Å². The highest BCUT2D eigenvalue weighted by Crippen LogP contribution is 2.23. The van der Waals surface area contributed by atoms with Gasteiger partial charge in [-0.1, -0.05) is 6.92 Å². The number of ether oxygens (including phenoxy) is 1. The Morgan fingerprint density at radius 2 is 2.26 bits per heavy atom. The summed E-state index contributed by atoms with van der Waals surface area (Å²) in [4.78, 5) is 18.1. The molecule has 1 amide bonds. The van der Waals surface area contributed by atoms with E-state index in [-0.39, 0.29) is 25.0 Å². The van der Waals surface area contributed by atoms with Crippen LogP contribution in [0.2, 0.25) is 0 Å². The number of amides is 1. The molecule has 2 rings (SSSR count). The standard InChI is InChI=1S/C15H22F3N3O2/c1-2-13-19-6-8-21(13)12-4-3-7-20(10-12)14(22)5-9-23-11-15(16,17)18/h6,8,12H,2-5,7,9-11H2,1H3/t12-/m1/s1. The molecular weight excluding hydrogens is 311 g/mol. The number of aromatic nitrogens is 2. The number of carbonyl (C=O) groups is 1. The van der Waals surface area contributed by atoms with Gasteiger partial charge in [0.25, 0.3) is 0 Å². The van der Waals surface area contributed by atoms with Crippen LogP contribution in [-0.2, 0) is 16.0 Å². The minimum absolute atomic E-state index is 0.0205. The predicted octanol–water partition coefficient (Wildman–Crippen LogP) is 2.58. The van der Waals surface area contributed by atoms with Crippen molar-refractivity contribution in [1.82, 2.24) is 14.5 Å². The van der Waals surface area contributed by atoms with E-state index in [0.717, 1.165) is 25.1 Å². The first kappa shape index (κ1) is 17.8. The minimum atomic E-state index is -4.35. The molecule has 1 aliphatic rings. The van der Waals surface area contributed by atoms with E-state index in [4.69, 9.17) is 0 Å². The van der Waals surface area contributed by atoms with E-state index in [9.17, 15) is 18.0 Å². The highest BCUT2D eigenvalue weighted by atomic mass is 19.4. The van der Waals surface area contributed by atoms with E-state index in [2.05, 4.69) is 14.3 Å². The van der Waals surface area contributed by atoms with Crippen molar-refractivity contribution < 1.29 is 22.7 Å². The maximum atomic E-state index is 12.1. The molecule has 5 nitrogen and oxygen atoms in total. The van der Waals surface area contributed by atoms with E-state index in [1.54, 1.807) is 11.1 Å². The smallest absolute Gasteiger partial charge is 0.372 e. The van der Waals surface area contributed by atoms with Crippen molar-refractivity contribution in [1.29, 1.82) is 0 Å². The lowest BCUT2D eigenvalue weighted by atomic mass is 10.0. The molecule has 0 spiro atoms. The second-order valence-corrected chi connectivity index (χ2v) is 5.66. The number of halogens is 3. The highest BCUT2D eigenvalue weighted by molar-refractivity contribution is 5.76. The van der Waals surface area contributed by atoms with Gasteiger partial charge < -0.3 is 14.2 Å².